The molecule has 0 saturated carbocycles. The van der Waals surface area contributed by atoms with Crippen molar-refractivity contribution in [3.05, 3.63) is 35.1 Å². The molecule has 0 amide bonds. The molecule has 0 atom stereocenters. The van der Waals surface area contributed by atoms with Gasteiger partial charge < -0.3 is 9.94 Å². The zero-order chi connectivity index (χ0) is 5.98. The third-order valence-corrected chi connectivity index (χ3v) is 0.824. The molecule has 1 rings (SSSR count). The van der Waals surface area contributed by atoms with Gasteiger partial charge in [0.15, 0.2) is 0 Å². The quantitative estimate of drug-likeness (QED) is 0.512. The van der Waals surface area contributed by atoms with Gasteiger partial charge in [-0.25, -0.2) is 0 Å². The Bertz CT molecular complexity index is 228. The highest BCUT2D eigenvalue weighted by Gasteiger charge is 1.70. The predicted molar refractivity (Wildman–Crippen MR) is 29.1 cm³/mol. The van der Waals surface area contributed by atoms with Crippen molar-refractivity contribution >= 4 is 0 Å². The molecule has 0 bridgehead atoms. The largest absolute Gasteiger partial charge is 0.805 e. The van der Waals surface area contributed by atoms with Crippen LogP contribution in [0.5, 0.6) is 0 Å². The van der Waals surface area contributed by atoms with Crippen LogP contribution in [0.1, 0.15) is 0 Å². The summed E-state index contributed by atoms with van der Waals surface area (Å²) in [4.78, 5) is 0. The van der Waals surface area contributed by atoms with Crippen molar-refractivity contribution in [2.24, 2.45) is 0 Å². The maximum atomic E-state index is 10.3. The number of pyridine rings is 1. The molecular weight excluding hydrogens is 104 g/mol. The lowest BCUT2D eigenvalue weighted by molar-refractivity contribution is 0.933. The standard InChI is InChI=1S/C5H5N2O/c6-5-3-1-2-4-7(5)8/h1-4,6H/q-1. The molecular formula is C5H5N2O-. The fraction of sp³-hybridized carbons (Fsp3) is 0. The summed E-state index contributed by atoms with van der Waals surface area (Å²) in [5.41, 5.74) is -0.0208. The molecule has 3 heteroatoms. The molecule has 8 heavy (non-hydrogen) atoms. The van der Waals surface area contributed by atoms with Crippen LogP contribution < -0.4 is 5.49 Å². The molecule has 1 aromatic heterocycles. The molecule has 1 N–H and O–H groups in total. The van der Waals surface area contributed by atoms with Crippen molar-refractivity contribution in [1.82, 2.24) is 4.73 Å². The van der Waals surface area contributed by atoms with E-state index in [-0.39, 0.29) is 5.49 Å². The highest BCUT2D eigenvalue weighted by molar-refractivity contribution is 4.92. The van der Waals surface area contributed by atoms with Crippen LogP contribution in [0.4, 0.5) is 0 Å². The Balaban J connectivity index is 3.35. The maximum Gasteiger partial charge on any atom is 0.119 e. The number of nitrogens with one attached hydrogen (secondary N) is 1. The molecule has 42 valence electrons. The molecule has 1 heterocycles. The summed E-state index contributed by atoms with van der Waals surface area (Å²) in [6.45, 7) is 0. The Hall–Kier alpha value is -1.25. The maximum absolute atomic E-state index is 10.3. The topological polar surface area (TPSA) is 51.8 Å². The fourth-order valence-corrected chi connectivity index (χ4v) is 0.428. The number of hydrogen-bond donors (Lipinski definition) is 1. The second kappa shape index (κ2) is 1.69. The lowest BCUT2D eigenvalue weighted by atomic mass is 10.5. The normalized spacial score (nSPS) is 9.00. The third-order valence-electron chi connectivity index (χ3n) is 0.824. The van der Waals surface area contributed by atoms with Crippen LogP contribution in [0.25, 0.3) is 0 Å². The lowest BCUT2D eigenvalue weighted by Gasteiger charge is -2.06. The number of aromatic nitrogens is 1. The van der Waals surface area contributed by atoms with Crippen molar-refractivity contribution in [1.29, 1.82) is 5.41 Å². The number of nitrogens with zero attached hydrogens (tertiary/aromatic N) is 1. The molecule has 1 aromatic rings. The summed E-state index contributed by atoms with van der Waals surface area (Å²) >= 11 is 0. The summed E-state index contributed by atoms with van der Waals surface area (Å²) < 4.78 is 0.500. The number of rotatable bonds is 0. The van der Waals surface area contributed by atoms with Gasteiger partial charge >= 0.3 is 0 Å². The summed E-state index contributed by atoms with van der Waals surface area (Å²) in [6, 6.07) is 4.68. The average molecular weight is 109 g/mol. The van der Waals surface area contributed by atoms with Crippen LogP contribution in [0.3, 0.4) is 0 Å². The van der Waals surface area contributed by atoms with Crippen LogP contribution in [0.2, 0.25) is 0 Å². The molecule has 0 unspecified atom stereocenters. The zero-order valence-electron chi connectivity index (χ0n) is 4.16. The fourth-order valence-electron chi connectivity index (χ4n) is 0.428. The monoisotopic (exact) mass is 109 g/mol. The number of hydrogen-bond acceptors (Lipinski definition) is 2. The molecule has 0 fully saturated rings. The Morgan fingerprint density at radius 2 is 2.25 bits per heavy atom. The average Bonchev–Trinajstić information content (AvgIpc) is 1.77. The third kappa shape index (κ3) is 0.703. The van der Waals surface area contributed by atoms with Crippen LogP contribution in [0, 0.1) is 10.6 Å². The van der Waals surface area contributed by atoms with Crippen molar-refractivity contribution in [2.45, 2.75) is 0 Å². The second-order valence-electron chi connectivity index (χ2n) is 1.41. The van der Waals surface area contributed by atoms with E-state index in [0.29, 0.717) is 4.73 Å². The van der Waals surface area contributed by atoms with E-state index < -0.39 is 0 Å². The molecule has 0 spiro atoms. The highest BCUT2D eigenvalue weighted by atomic mass is 16.5. The van der Waals surface area contributed by atoms with Gasteiger partial charge in [0.25, 0.3) is 0 Å². The van der Waals surface area contributed by atoms with Crippen LogP contribution in [-0.4, -0.2) is 4.73 Å². The first-order chi connectivity index (χ1) is 3.80. The van der Waals surface area contributed by atoms with Crippen molar-refractivity contribution in [2.75, 3.05) is 0 Å². The zero-order valence-corrected chi connectivity index (χ0v) is 4.16. The van der Waals surface area contributed by atoms with E-state index in [9.17, 15) is 5.21 Å². The molecule has 0 aliphatic carbocycles. The summed E-state index contributed by atoms with van der Waals surface area (Å²) in [6.07, 6.45) is 1.29. The molecule has 0 aromatic carbocycles. The van der Waals surface area contributed by atoms with E-state index >= 15 is 0 Å². The minimum atomic E-state index is -0.0208. The predicted octanol–water partition coefficient (Wildman–Crippen LogP) is 0.313. The van der Waals surface area contributed by atoms with Gasteiger partial charge in [0.05, 0.1) is 0 Å². The minimum absolute atomic E-state index is 0.0208. The van der Waals surface area contributed by atoms with Gasteiger partial charge in [0, 0.05) is 0 Å². The summed E-state index contributed by atoms with van der Waals surface area (Å²) in [5.74, 6) is 0. The first kappa shape index (κ1) is 4.90. The molecule has 0 saturated heterocycles. The van der Waals surface area contributed by atoms with E-state index in [0.717, 1.165) is 0 Å². The van der Waals surface area contributed by atoms with Gasteiger partial charge in [-0.1, -0.05) is 6.07 Å². The SMILES string of the molecule is N=c1ccccn1[O-]. The highest BCUT2D eigenvalue weighted by Crippen LogP contribution is 1.73. The molecule has 0 aliphatic heterocycles. The van der Waals surface area contributed by atoms with Gasteiger partial charge in [-0.05, 0) is 18.3 Å². The van der Waals surface area contributed by atoms with E-state index in [1.807, 2.05) is 0 Å². The van der Waals surface area contributed by atoms with Crippen molar-refractivity contribution in [3.8, 4) is 0 Å². The van der Waals surface area contributed by atoms with Gasteiger partial charge in [0.2, 0.25) is 0 Å². The van der Waals surface area contributed by atoms with Crippen molar-refractivity contribution in [3.63, 3.8) is 0 Å². The first-order valence-electron chi connectivity index (χ1n) is 2.20. The molecule has 0 aliphatic rings. The smallest absolute Gasteiger partial charge is 0.119 e. The van der Waals surface area contributed by atoms with E-state index in [1.54, 1.807) is 12.1 Å². The van der Waals surface area contributed by atoms with Gasteiger partial charge in [-0.3, -0.25) is 5.41 Å². The van der Waals surface area contributed by atoms with Gasteiger partial charge in [-0.15, -0.1) is 0 Å². The Labute approximate surface area is 46.3 Å². The first-order valence-corrected chi connectivity index (χ1v) is 2.20. The van der Waals surface area contributed by atoms with E-state index in [2.05, 4.69) is 0 Å². The Morgan fingerprint density at radius 1 is 1.50 bits per heavy atom. The van der Waals surface area contributed by atoms with Gasteiger partial charge in [-0.2, -0.15) is 0 Å². The van der Waals surface area contributed by atoms with E-state index in [1.165, 1.54) is 12.3 Å². The van der Waals surface area contributed by atoms with Crippen LogP contribution in [-0.2, 0) is 0 Å². The summed E-state index contributed by atoms with van der Waals surface area (Å²) in [7, 11) is 0. The molecule has 0 radical (unpaired) electrons. The van der Waals surface area contributed by atoms with Crippen molar-refractivity contribution < 1.29 is 0 Å². The second-order valence-corrected chi connectivity index (χ2v) is 1.41. The van der Waals surface area contributed by atoms with Crippen LogP contribution in [0.15, 0.2) is 24.4 Å². The Morgan fingerprint density at radius 3 is 2.62 bits per heavy atom. The van der Waals surface area contributed by atoms with Gasteiger partial charge in [0.1, 0.15) is 5.49 Å². The minimum Gasteiger partial charge on any atom is -0.805 e. The van der Waals surface area contributed by atoms with Crippen LogP contribution >= 0.6 is 0 Å². The van der Waals surface area contributed by atoms with E-state index in [4.69, 9.17) is 5.41 Å². The summed E-state index contributed by atoms with van der Waals surface area (Å²) in [5, 5.41) is 17.2. The Kier molecular flexibility index (Phi) is 1.04. The lowest BCUT2D eigenvalue weighted by Crippen LogP contribution is -2.11. The molecule has 3 nitrogen and oxygen atoms in total.